The number of likely N-dealkylation sites (N-methyl/N-ethyl adjacent to an activating group) is 1. The largest absolute Gasteiger partial charge is 0.508 e. The number of nitrogens with one attached hydrogen (secondary N) is 1. The van der Waals surface area contributed by atoms with Gasteiger partial charge < -0.3 is 36.0 Å². The van der Waals surface area contributed by atoms with Crippen molar-refractivity contribution >= 4 is 35.0 Å². The topological polar surface area (TPSA) is 220 Å². The smallest absolute Gasteiger partial charge is 0.417 e. The molecular weight excluding hydrogens is 569 g/mol. The van der Waals surface area contributed by atoms with Gasteiger partial charge in [-0.25, -0.2) is 9.18 Å². The average Bonchev–Trinajstić information content (AvgIpc) is 2.93. The quantitative estimate of drug-likeness (QED) is 0.196. The summed E-state index contributed by atoms with van der Waals surface area (Å²) < 4.78 is 18.2. The maximum Gasteiger partial charge on any atom is 0.417 e. The second-order valence-corrected chi connectivity index (χ2v) is 10.9. The van der Waals surface area contributed by atoms with Crippen LogP contribution in [0.15, 0.2) is 53.3 Å². The van der Waals surface area contributed by atoms with Crippen LogP contribution in [0, 0.1) is 17.7 Å². The van der Waals surface area contributed by atoms with Gasteiger partial charge >= 0.3 is 6.09 Å². The van der Waals surface area contributed by atoms with Crippen molar-refractivity contribution < 1.29 is 53.8 Å². The predicted octanol–water partition coefficient (Wildman–Crippen LogP) is 1.25. The zero-order valence-electron chi connectivity index (χ0n) is 23.0. The molecule has 5 rings (SSSR count). The van der Waals surface area contributed by atoms with Crippen molar-refractivity contribution in [1.29, 1.82) is 0 Å². The lowest BCUT2D eigenvalue weighted by Crippen LogP contribution is -2.70. The van der Waals surface area contributed by atoms with Gasteiger partial charge in [0.15, 0.2) is 11.4 Å². The van der Waals surface area contributed by atoms with Crippen molar-refractivity contribution in [1.82, 2.24) is 4.90 Å². The molecule has 3 aliphatic carbocycles. The Labute approximate surface area is 243 Å². The molecule has 8 N–H and O–H groups in total. The molecule has 226 valence electrons. The van der Waals surface area contributed by atoms with Gasteiger partial charge in [-0.1, -0.05) is 13.0 Å². The van der Waals surface area contributed by atoms with Gasteiger partial charge in [-0.3, -0.25) is 24.6 Å². The fourth-order valence-corrected chi connectivity index (χ4v) is 6.46. The first kappa shape index (κ1) is 29.7. The Kier molecular flexibility index (Phi) is 7.03. The van der Waals surface area contributed by atoms with Crippen molar-refractivity contribution in [3.05, 3.63) is 70.2 Å². The van der Waals surface area contributed by atoms with Crippen LogP contribution >= 0.6 is 0 Å². The maximum atomic E-state index is 14.0. The number of phenolic OH excluding ortho intramolecular Hbond substituents is 1. The molecule has 2 aromatic carbocycles. The number of amides is 2. The lowest BCUT2D eigenvalue weighted by atomic mass is 9.54. The summed E-state index contributed by atoms with van der Waals surface area (Å²) in [6, 6.07) is 5.79. The first-order chi connectivity index (χ1) is 20.1. The number of carbonyl (C=O) groups excluding carboxylic acids is 4. The highest BCUT2D eigenvalue weighted by Crippen LogP contribution is 2.56. The number of nitrogens with zero attached hydrogens (tertiary/aromatic N) is 1. The summed E-state index contributed by atoms with van der Waals surface area (Å²) in [6.45, 7) is 1.58. The number of phenols is 1. The SMILES string of the molecule is C[C@H]1c2ccc(NC(=O)Oc3ccc(F)cc3)c(O)c2C(O)=C2C(=O)[C@]3(O)C(O)=C(C(N)=O)C(=O)[C@@H](N(C)C)[C@@H]3[C@@H](O)[C@@H]21. The Balaban J connectivity index is 1.62. The molecule has 0 spiro atoms. The van der Waals surface area contributed by atoms with E-state index in [1.54, 1.807) is 6.92 Å². The van der Waals surface area contributed by atoms with E-state index < -0.39 is 93.3 Å². The van der Waals surface area contributed by atoms with Gasteiger partial charge in [0, 0.05) is 11.5 Å². The summed E-state index contributed by atoms with van der Waals surface area (Å²) in [5.41, 5.74) is 0.358. The predicted molar refractivity (Wildman–Crippen MR) is 146 cm³/mol. The van der Waals surface area contributed by atoms with Crippen molar-refractivity contribution in [2.45, 2.75) is 30.6 Å². The number of benzene rings is 2. The molecule has 0 aromatic heterocycles. The number of aliphatic hydroxyl groups excluding tert-OH is 3. The van der Waals surface area contributed by atoms with Crippen molar-refractivity contribution in [3.63, 3.8) is 0 Å². The number of hydrogen-bond donors (Lipinski definition) is 7. The second kappa shape index (κ2) is 10.2. The summed E-state index contributed by atoms with van der Waals surface area (Å²) in [6.07, 6.45) is -2.81. The van der Waals surface area contributed by atoms with Crippen LogP contribution in [-0.4, -0.2) is 85.8 Å². The van der Waals surface area contributed by atoms with Crippen LogP contribution in [0.25, 0.3) is 5.76 Å². The van der Waals surface area contributed by atoms with Crippen LogP contribution in [0.2, 0.25) is 0 Å². The van der Waals surface area contributed by atoms with Gasteiger partial charge in [0.1, 0.15) is 34.4 Å². The van der Waals surface area contributed by atoms with Crippen LogP contribution in [0.5, 0.6) is 11.5 Å². The van der Waals surface area contributed by atoms with Gasteiger partial charge in [0.25, 0.3) is 5.91 Å². The van der Waals surface area contributed by atoms with E-state index in [0.717, 1.165) is 12.1 Å². The number of anilines is 1. The van der Waals surface area contributed by atoms with E-state index in [0.29, 0.717) is 0 Å². The summed E-state index contributed by atoms with van der Waals surface area (Å²) in [5.74, 6) is -10.9. The lowest BCUT2D eigenvalue weighted by molar-refractivity contribution is -0.169. The molecule has 0 heterocycles. The zero-order chi connectivity index (χ0) is 31.7. The number of halogens is 1. The number of ether oxygens (including phenoxy) is 1. The number of rotatable bonds is 4. The third-order valence-electron chi connectivity index (χ3n) is 8.39. The van der Waals surface area contributed by atoms with Crippen molar-refractivity contribution in [3.8, 4) is 11.5 Å². The van der Waals surface area contributed by atoms with Gasteiger partial charge in [0.05, 0.1) is 29.3 Å². The van der Waals surface area contributed by atoms with Crippen LogP contribution in [0.3, 0.4) is 0 Å². The number of primary amides is 1. The van der Waals surface area contributed by atoms with Gasteiger partial charge in [-0.15, -0.1) is 0 Å². The molecule has 2 aromatic rings. The van der Waals surface area contributed by atoms with E-state index in [-0.39, 0.29) is 22.6 Å². The van der Waals surface area contributed by atoms with Gasteiger partial charge in [-0.2, -0.15) is 0 Å². The molecule has 0 bridgehead atoms. The fourth-order valence-electron chi connectivity index (χ4n) is 6.46. The number of fused-ring (bicyclic) bond motifs is 3. The number of hydrogen-bond acceptors (Lipinski definition) is 11. The zero-order valence-corrected chi connectivity index (χ0v) is 23.0. The lowest BCUT2D eigenvalue weighted by Gasteiger charge is -2.53. The average molecular weight is 598 g/mol. The molecule has 13 nitrogen and oxygen atoms in total. The van der Waals surface area contributed by atoms with Crippen LogP contribution in [-0.2, 0) is 14.4 Å². The summed E-state index contributed by atoms with van der Waals surface area (Å²) in [7, 11) is 2.83. The molecule has 0 saturated heterocycles. The Morgan fingerprint density at radius 3 is 2.28 bits per heavy atom. The van der Waals surface area contributed by atoms with E-state index in [9.17, 15) is 49.1 Å². The highest BCUT2D eigenvalue weighted by atomic mass is 19.1. The summed E-state index contributed by atoms with van der Waals surface area (Å²) in [5, 5.41) is 59.1. The Morgan fingerprint density at radius 1 is 1.07 bits per heavy atom. The van der Waals surface area contributed by atoms with Crippen LogP contribution in [0.1, 0.15) is 24.0 Å². The minimum atomic E-state index is -3.05. The van der Waals surface area contributed by atoms with Gasteiger partial charge in [0.2, 0.25) is 5.78 Å². The number of ketones is 2. The van der Waals surface area contributed by atoms with E-state index in [1.165, 1.54) is 43.3 Å². The van der Waals surface area contributed by atoms with E-state index >= 15 is 0 Å². The normalized spacial score (nSPS) is 28.3. The second-order valence-electron chi connectivity index (χ2n) is 10.9. The minimum absolute atomic E-state index is 0.00690. The molecule has 6 atom stereocenters. The Morgan fingerprint density at radius 2 is 1.70 bits per heavy atom. The molecular formula is C29H28FN3O10. The number of nitrogens with two attached hydrogens (primary N) is 1. The highest BCUT2D eigenvalue weighted by Gasteiger charge is 2.68. The standard InChI is InChI=1S/C29H28FN3O10/c1-10-13-8-9-14(32-28(41)43-12-6-4-11(30)5-7-12)21(34)16(13)22(35)17-15(10)23(36)19-20(33(2)3)24(37)18(27(31)40)26(39)29(19,42)25(17)38/h4-10,15,19-20,23,34-36,39,42H,1-3H3,(H2,31,40)(H,32,41)/t10-,15+,19+,20-,23-,29-/m0/s1. The maximum absolute atomic E-state index is 14.0. The fraction of sp³-hybridized carbons (Fsp3) is 0.310. The highest BCUT2D eigenvalue weighted by molar-refractivity contribution is 6.24. The number of aliphatic hydroxyl groups is 4. The van der Waals surface area contributed by atoms with E-state index in [2.05, 4.69) is 5.32 Å². The Bertz CT molecular complexity index is 1650. The first-order valence-electron chi connectivity index (χ1n) is 13.1. The molecule has 0 aliphatic heterocycles. The molecule has 0 unspecified atom stereocenters. The molecule has 43 heavy (non-hydrogen) atoms. The molecule has 1 fully saturated rings. The molecule has 3 aliphatic rings. The first-order valence-corrected chi connectivity index (χ1v) is 13.1. The van der Waals surface area contributed by atoms with Crippen LogP contribution < -0.4 is 15.8 Å². The Hall–Kier alpha value is -4.79. The number of carbonyl (C=O) groups is 4. The molecule has 14 heteroatoms. The van der Waals surface area contributed by atoms with Crippen LogP contribution in [0.4, 0.5) is 14.9 Å². The molecule has 2 amide bonds. The number of aromatic hydroxyl groups is 1. The third kappa shape index (κ3) is 4.25. The summed E-state index contributed by atoms with van der Waals surface area (Å²) in [4.78, 5) is 53.1. The minimum Gasteiger partial charge on any atom is -0.508 e. The summed E-state index contributed by atoms with van der Waals surface area (Å²) >= 11 is 0. The number of Topliss-reactive ketones (excluding diaryl/α,β-unsaturated/α-hetero) is 2. The van der Waals surface area contributed by atoms with Crippen molar-refractivity contribution in [2.24, 2.45) is 17.6 Å². The van der Waals surface area contributed by atoms with Crippen molar-refractivity contribution in [2.75, 3.05) is 19.4 Å². The molecule has 0 radical (unpaired) electrons. The molecule has 1 saturated carbocycles. The third-order valence-corrected chi connectivity index (χ3v) is 8.39. The monoisotopic (exact) mass is 597 g/mol. The van der Waals surface area contributed by atoms with E-state index in [1.807, 2.05) is 0 Å². The van der Waals surface area contributed by atoms with Gasteiger partial charge in [-0.05, 0) is 55.9 Å². The van der Waals surface area contributed by atoms with E-state index in [4.69, 9.17) is 10.5 Å².